The summed E-state index contributed by atoms with van der Waals surface area (Å²) in [5, 5.41) is 2.75. The third-order valence-electron chi connectivity index (χ3n) is 3.42. The van der Waals surface area contributed by atoms with Crippen LogP contribution < -0.4 is 11.1 Å². The molecule has 6 nitrogen and oxygen atoms in total. The van der Waals surface area contributed by atoms with E-state index in [2.05, 4.69) is 5.32 Å². The van der Waals surface area contributed by atoms with Crippen molar-refractivity contribution in [3.63, 3.8) is 0 Å². The molecule has 0 aliphatic rings. The van der Waals surface area contributed by atoms with Gasteiger partial charge in [0.25, 0.3) is 0 Å². The molecule has 7 heteroatoms. The summed E-state index contributed by atoms with van der Waals surface area (Å²) >= 11 is 0. The number of nitrogens with one attached hydrogen (secondary N) is 1. The molecule has 0 saturated carbocycles. The molecule has 0 heterocycles. The van der Waals surface area contributed by atoms with Crippen molar-refractivity contribution in [2.75, 3.05) is 39.6 Å². The van der Waals surface area contributed by atoms with Crippen LogP contribution in [0, 0.1) is 5.92 Å². The maximum Gasteiger partial charge on any atom is 0.237 e. The van der Waals surface area contributed by atoms with E-state index in [1.165, 1.54) is 0 Å². The van der Waals surface area contributed by atoms with Gasteiger partial charge in [0.1, 0.15) is 0 Å². The normalized spacial score (nSPS) is 11.8. The summed E-state index contributed by atoms with van der Waals surface area (Å²) in [5.74, 6) is -0.0103. The van der Waals surface area contributed by atoms with Crippen LogP contribution in [-0.4, -0.2) is 51.5 Å². The van der Waals surface area contributed by atoms with Gasteiger partial charge in [-0.2, -0.15) is 0 Å². The summed E-state index contributed by atoms with van der Waals surface area (Å²) in [4.78, 5) is 11.6. The van der Waals surface area contributed by atoms with E-state index in [1.807, 2.05) is 44.2 Å². The van der Waals surface area contributed by atoms with Gasteiger partial charge in [0.15, 0.2) is 0 Å². The summed E-state index contributed by atoms with van der Waals surface area (Å²) in [5.41, 5.74) is 6.89. The number of hydrogen-bond donors (Lipinski definition) is 2. The number of carbonyl (C=O) groups is 1. The summed E-state index contributed by atoms with van der Waals surface area (Å²) in [7, 11) is 0. The Hall–Kier alpha value is -1.18. The predicted octanol–water partition coefficient (Wildman–Crippen LogP) is 1.76. The molecule has 0 aliphatic carbocycles. The van der Waals surface area contributed by atoms with E-state index in [0.29, 0.717) is 46.2 Å². The molecule has 0 fully saturated rings. The Morgan fingerprint density at radius 2 is 1.56 bits per heavy atom. The zero-order valence-corrected chi connectivity index (χ0v) is 15.9. The van der Waals surface area contributed by atoms with Crippen molar-refractivity contribution in [3.05, 3.63) is 35.9 Å². The third-order valence-corrected chi connectivity index (χ3v) is 3.42. The average Bonchev–Trinajstić information content (AvgIpc) is 2.59. The molecule has 1 rings (SSSR count). The first kappa shape index (κ1) is 23.8. The first-order chi connectivity index (χ1) is 11.6. The second-order valence-electron chi connectivity index (χ2n) is 5.82. The molecule has 0 bridgehead atoms. The Morgan fingerprint density at radius 1 is 1.00 bits per heavy atom. The second kappa shape index (κ2) is 15.1. The maximum atomic E-state index is 11.6. The van der Waals surface area contributed by atoms with Gasteiger partial charge in [-0.15, -0.1) is 12.4 Å². The second-order valence-corrected chi connectivity index (χ2v) is 5.82. The van der Waals surface area contributed by atoms with Crippen LogP contribution in [0.3, 0.4) is 0 Å². The largest absolute Gasteiger partial charge is 0.377 e. The molecular formula is C18H31ClN2O4. The van der Waals surface area contributed by atoms with Crippen LogP contribution in [0.2, 0.25) is 0 Å². The standard InChI is InChI=1S/C18H30N2O4.ClH/c1-15(2)17(19)18(21)20-8-9-22-10-11-23-12-13-24-14-16-6-4-3-5-7-16;/h3-7,15,17H,8-14,19H2,1-2H3,(H,20,21);1H/t17-;/m0./s1. The molecule has 0 radical (unpaired) electrons. The van der Waals surface area contributed by atoms with E-state index in [0.717, 1.165) is 5.56 Å². The first-order valence-corrected chi connectivity index (χ1v) is 8.41. The monoisotopic (exact) mass is 374 g/mol. The van der Waals surface area contributed by atoms with Crippen molar-refractivity contribution in [2.24, 2.45) is 11.7 Å². The van der Waals surface area contributed by atoms with Crippen LogP contribution in [0.4, 0.5) is 0 Å². The maximum absolute atomic E-state index is 11.6. The van der Waals surface area contributed by atoms with Crippen molar-refractivity contribution in [3.8, 4) is 0 Å². The Kier molecular flexibility index (Phi) is 14.4. The van der Waals surface area contributed by atoms with E-state index in [1.54, 1.807) is 0 Å². The number of carbonyl (C=O) groups excluding carboxylic acids is 1. The first-order valence-electron chi connectivity index (χ1n) is 8.41. The molecule has 0 saturated heterocycles. The minimum absolute atomic E-state index is 0. The minimum Gasteiger partial charge on any atom is -0.377 e. The Morgan fingerprint density at radius 3 is 2.16 bits per heavy atom. The Bertz CT molecular complexity index is 446. The molecule has 144 valence electrons. The van der Waals surface area contributed by atoms with E-state index in [9.17, 15) is 4.79 Å². The van der Waals surface area contributed by atoms with Crippen molar-refractivity contribution in [1.82, 2.24) is 5.32 Å². The number of rotatable bonds is 13. The van der Waals surface area contributed by atoms with Crippen molar-refractivity contribution < 1.29 is 19.0 Å². The van der Waals surface area contributed by atoms with Crippen LogP contribution in [-0.2, 0) is 25.6 Å². The highest BCUT2D eigenvalue weighted by Crippen LogP contribution is 2.00. The summed E-state index contributed by atoms with van der Waals surface area (Å²) in [6.45, 7) is 7.43. The fourth-order valence-corrected chi connectivity index (χ4v) is 1.87. The fraction of sp³-hybridized carbons (Fsp3) is 0.611. The molecule has 0 aromatic heterocycles. The van der Waals surface area contributed by atoms with Gasteiger partial charge in [0.2, 0.25) is 5.91 Å². The Labute approximate surface area is 156 Å². The SMILES string of the molecule is CC(C)[C@H](N)C(=O)NCCOCCOCCOCc1ccccc1.Cl. The van der Waals surface area contributed by atoms with Crippen LogP contribution in [0.5, 0.6) is 0 Å². The molecule has 3 N–H and O–H groups in total. The van der Waals surface area contributed by atoms with Crippen LogP contribution >= 0.6 is 12.4 Å². The summed E-state index contributed by atoms with van der Waals surface area (Å²) < 4.78 is 16.3. The predicted molar refractivity (Wildman–Crippen MR) is 101 cm³/mol. The lowest BCUT2D eigenvalue weighted by molar-refractivity contribution is -0.123. The van der Waals surface area contributed by atoms with Crippen LogP contribution in [0.15, 0.2) is 30.3 Å². The molecule has 25 heavy (non-hydrogen) atoms. The Balaban J connectivity index is 0.00000576. The molecule has 0 aliphatic heterocycles. The molecule has 1 atom stereocenters. The van der Waals surface area contributed by atoms with Gasteiger partial charge in [-0.05, 0) is 11.5 Å². The van der Waals surface area contributed by atoms with E-state index >= 15 is 0 Å². The van der Waals surface area contributed by atoms with E-state index in [-0.39, 0.29) is 24.2 Å². The molecular weight excluding hydrogens is 344 g/mol. The molecule has 0 spiro atoms. The van der Waals surface area contributed by atoms with Gasteiger partial charge < -0.3 is 25.3 Å². The summed E-state index contributed by atoms with van der Waals surface area (Å²) in [6.07, 6.45) is 0. The van der Waals surface area contributed by atoms with Gasteiger partial charge in [-0.1, -0.05) is 44.2 Å². The molecule has 1 aromatic carbocycles. The van der Waals surface area contributed by atoms with Crippen molar-refractivity contribution >= 4 is 18.3 Å². The number of benzene rings is 1. The fourth-order valence-electron chi connectivity index (χ4n) is 1.87. The van der Waals surface area contributed by atoms with Crippen LogP contribution in [0.1, 0.15) is 19.4 Å². The zero-order valence-electron chi connectivity index (χ0n) is 15.1. The summed E-state index contributed by atoms with van der Waals surface area (Å²) in [6, 6.07) is 9.56. The van der Waals surface area contributed by atoms with Gasteiger partial charge in [-0.3, -0.25) is 4.79 Å². The number of amides is 1. The number of hydrogen-bond acceptors (Lipinski definition) is 5. The minimum atomic E-state index is -0.468. The molecule has 0 unspecified atom stereocenters. The highest BCUT2D eigenvalue weighted by Gasteiger charge is 2.15. The lowest BCUT2D eigenvalue weighted by atomic mass is 10.1. The topological polar surface area (TPSA) is 82.8 Å². The van der Waals surface area contributed by atoms with Gasteiger partial charge in [0, 0.05) is 6.54 Å². The quantitative estimate of drug-likeness (QED) is 0.514. The highest BCUT2D eigenvalue weighted by atomic mass is 35.5. The number of nitrogens with two attached hydrogens (primary N) is 1. The lowest BCUT2D eigenvalue weighted by Gasteiger charge is -2.15. The van der Waals surface area contributed by atoms with Gasteiger partial charge in [0.05, 0.1) is 45.7 Å². The lowest BCUT2D eigenvalue weighted by Crippen LogP contribution is -2.44. The third kappa shape index (κ3) is 11.9. The van der Waals surface area contributed by atoms with E-state index < -0.39 is 6.04 Å². The average molecular weight is 375 g/mol. The highest BCUT2D eigenvalue weighted by molar-refractivity contribution is 5.85. The number of halogens is 1. The van der Waals surface area contributed by atoms with Crippen molar-refractivity contribution in [2.45, 2.75) is 26.5 Å². The van der Waals surface area contributed by atoms with Gasteiger partial charge >= 0.3 is 0 Å². The number of ether oxygens (including phenoxy) is 3. The van der Waals surface area contributed by atoms with Crippen LogP contribution in [0.25, 0.3) is 0 Å². The molecule has 1 amide bonds. The smallest absolute Gasteiger partial charge is 0.237 e. The van der Waals surface area contributed by atoms with Gasteiger partial charge in [-0.25, -0.2) is 0 Å². The van der Waals surface area contributed by atoms with E-state index in [4.69, 9.17) is 19.9 Å². The molecule has 1 aromatic rings. The zero-order chi connectivity index (χ0) is 17.6. The van der Waals surface area contributed by atoms with Crippen molar-refractivity contribution in [1.29, 1.82) is 0 Å².